The van der Waals surface area contributed by atoms with E-state index in [1.165, 1.54) is 25.0 Å². The Labute approximate surface area is 118 Å². The van der Waals surface area contributed by atoms with E-state index in [2.05, 4.69) is 4.90 Å². The summed E-state index contributed by atoms with van der Waals surface area (Å²) in [5.41, 5.74) is 1.01. The molecule has 1 unspecified atom stereocenters. The molecule has 100 valence electrons. The second kappa shape index (κ2) is 6.74. The van der Waals surface area contributed by atoms with Crippen molar-refractivity contribution in [3.63, 3.8) is 0 Å². The lowest BCUT2D eigenvalue weighted by atomic mass is 10.1. The van der Waals surface area contributed by atoms with Crippen LogP contribution in [0.3, 0.4) is 0 Å². The van der Waals surface area contributed by atoms with Gasteiger partial charge in [0.2, 0.25) is 0 Å². The van der Waals surface area contributed by atoms with E-state index >= 15 is 0 Å². The van der Waals surface area contributed by atoms with Gasteiger partial charge in [-0.15, -0.1) is 11.6 Å². The predicted octanol–water partition coefficient (Wildman–Crippen LogP) is 4.46. The van der Waals surface area contributed by atoms with E-state index in [0.29, 0.717) is 11.1 Å². The lowest BCUT2D eigenvalue weighted by molar-refractivity contribution is 0.233. The molecule has 18 heavy (non-hydrogen) atoms. The van der Waals surface area contributed by atoms with Gasteiger partial charge in [-0.3, -0.25) is 4.90 Å². The normalized spacial score (nSPS) is 20.5. The van der Waals surface area contributed by atoms with Gasteiger partial charge in [0.05, 0.1) is 0 Å². The van der Waals surface area contributed by atoms with Gasteiger partial charge in [-0.2, -0.15) is 0 Å². The second-order valence-electron chi connectivity index (χ2n) is 4.83. The van der Waals surface area contributed by atoms with Crippen LogP contribution in [0.4, 0.5) is 4.39 Å². The minimum absolute atomic E-state index is 0.274. The molecule has 4 heteroatoms. The molecule has 1 aromatic carbocycles. The topological polar surface area (TPSA) is 3.24 Å². The highest BCUT2D eigenvalue weighted by Gasteiger charge is 2.24. The first-order valence-corrected chi connectivity index (χ1v) is 7.36. The van der Waals surface area contributed by atoms with Gasteiger partial charge in [0.1, 0.15) is 5.82 Å². The molecular weight excluding hydrogens is 272 g/mol. The highest BCUT2D eigenvalue weighted by molar-refractivity contribution is 6.31. The number of benzene rings is 1. The number of halogens is 3. The fourth-order valence-electron chi connectivity index (χ4n) is 2.61. The number of hydrogen-bond acceptors (Lipinski definition) is 1. The summed E-state index contributed by atoms with van der Waals surface area (Å²) in [6.45, 7) is 1.91. The molecule has 1 atom stereocenters. The van der Waals surface area contributed by atoms with Gasteiger partial charge in [0.15, 0.2) is 0 Å². The van der Waals surface area contributed by atoms with Crippen LogP contribution in [0.25, 0.3) is 0 Å². The average Bonchev–Trinajstić information content (AvgIpc) is 2.77. The predicted molar refractivity (Wildman–Crippen MR) is 74.8 cm³/mol. The fraction of sp³-hybridized carbons (Fsp3) is 0.571. The monoisotopic (exact) mass is 289 g/mol. The number of likely N-dealkylation sites (tertiary alicyclic amines) is 1. The Hall–Kier alpha value is -0.310. The molecule has 1 saturated heterocycles. The molecule has 0 aliphatic carbocycles. The van der Waals surface area contributed by atoms with Gasteiger partial charge in [-0.05, 0) is 49.9 Å². The van der Waals surface area contributed by atoms with Crippen molar-refractivity contribution in [2.24, 2.45) is 0 Å². The summed E-state index contributed by atoms with van der Waals surface area (Å²) in [6, 6.07) is 5.25. The van der Waals surface area contributed by atoms with Gasteiger partial charge in [0, 0.05) is 23.5 Å². The van der Waals surface area contributed by atoms with Crippen molar-refractivity contribution in [3.8, 4) is 0 Å². The molecule has 0 spiro atoms. The maximum absolute atomic E-state index is 13.0. The van der Waals surface area contributed by atoms with E-state index in [9.17, 15) is 4.39 Å². The standard InChI is InChI=1S/C14H18Cl2FN/c15-7-1-3-13-4-2-8-18(13)10-11-5-6-12(17)9-14(11)16/h5-6,9,13H,1-4,7-8,10H2. The van der Waals surface area contributed by atoms with Crippen LogP contribution in [-0.2, 0) is 6.54 Å². The Morgan fingerprint density at radius 2 is 2.22 bits per heavy atom. The molecule has 0 aromatic heterocycles. The number of alkyl halides is 1. The first-order chi connectivity index (χ1) is 8.70. The van der Waals surface area contributed by atoms with Gasteiger partial charge in [0.25, 0.3) is 0 Å². The molecule has 1 nitrogen and oxygen atoms in total. The van der Waals surface area contributed by atoms with Crippen molar-refractivity contribution in [1.29, 1.82) is 0 Å². The van der Waals surface area contributed by atoms with E-state index in [1.807, 2.05) is 0 Å². The Kier molecular flexibility index (Phi) is 5.28. The maximum Gasteiger partial charge on any atom is 0.124 e. The van der Waals surface area contributed by atoms with Crippen LogP contribution in [0.15, 0.2) is 18.2 Å². The number of nitrogens with zero attached hydrogens (tertiary/aromatic N) is 1. The largest absolute Gasteiger partial charge is 0.296 e. The van der Waals surface area contributed by atoms with E-state index < -0.39 is 0 Å². The maximum atomic E-state index is 13.0. The first kappa shape index (κ1) is 14.1. The first-order valence-electron chi connectivity index (χ1n) is 6.44. The zero-order chi connectivity index (χ0) is 13.0. The van der Waals surface area contributed by atoms with Gasteiger partial charge in [-0.25, -0.2) is 4.39 Å². The van der Waals surface area contributed by atoms with Crippen LogP contribution in [-0.4, -0.2) is 23.4 Å². The summed E-state index contributed by atoms with van der Waals surface area (Å²) in [4.78, 5) is 2.44. The minimum Gasteiger partial charge on any atom is -0.296 e. The van der Waals surface area contributed by atoms with E-state index in [-0.39, 0.29) is 5.82 Å². The molecule has 1 aliphatic rings. The van der Waals surface area contributed by atoms with Crippen molar-refractivity contribution in [1.82, 2.24) is 4.90 Å². The zero-order valence-electron chi connectivity index (χ0n) is 10.3. The molecular formula is C14H18Cl2FN. The molecule has 1 heterocycles. The van der Waals surface area contributed by atoms with Crippen LogP contribution in [0.2, 0.25) is 5.02 Å². The quantitative estimate of drug-likeness (QED) is 0.724. The third-order valence-corrected chi connectivity index (χ3v) is 4.18. The second-order valence-corrected chi connectivity index (χ2v) is 5.62. The van der Waals surface area contributed by atoms with Crippen LogP contribution in [0.1, 0.15) is 31.2 Å². The summed E-state index contributed by atoms with van der Waals surface area (Å²) < 4.78 is 13.0. The Balaban J connectivity index is 1.99. The van der Waals surface area contributed by atoms with Crippen molar-refractivity contribution in [2.75, 3.05) is 12.4 Å². The third-order valence-electron chi connectivity index (χ3n) is 3.56. The Bertz CT molecular complexity index is 397. The Morgan fingerprint density at radius 3 is 2.94 bits per heavy atom. The highest BCUT2D eigenvalue weighted by atomic mass is 35.5. The van der Waals surface area contributed by atoms with E-state index in [4.69, 9.17) is 23.2 Å². The van der Waals surface area contributed by atoms with Crippen LogP contribution in [0, 0.1) is 5.82 Å². The fourth-order valence-corrected chi connectivity index (χ4v) is 2.99. The average molecular weight is 290 g/mol. The van der Waals surface area contributed by atoms with Crippen LogP contribution in [0.5, 0.6) is 0 Å². The SMILES string of the molecule is Fc1ccc(CN2CCCC2CCCCl)c(Cl)c1. The van der Waals surface area contributed by atoms with Crippen molar-refractivity contribution >= 4 is 23.2 Å². The van der Waals surface area contributed by atoms with Crippen molar-refractivity contribution in [2.45, 2.75) is 38.3 Å². The number of hydrogen-bond donors (Lipinski definition) is 0. The van der Waals surface area contributed by atoms with E-state index in [1.54, 1.807) is 6.07 Å². The molecule has 2 rings (SSSR count). The minimum atomic E-state index is -0.274. The van der Waals surface area contributed by atoms with Gasteiger partial charge < -0.3 is 0 Å². The summed E-state index contributed by atoms with van der Waals surface area (Å²) >= 11 is 11.8. The molecule has 0 radical (unpaired) electrons. The zero-order valence-corrected chi connectivity index (χ0v) is 11.9. The summed E-state index contributed by atoms with van der Waals surface area (Å²) in [5.74, 6) is 0.450. The summed E-state index contributed by atoms with van der Waals surface area (Å²) in [7, 11) is 0. The van der Waals surface area contributed by atoms with Crippen molar-refractivity contribution in [3.05, 3.63) is 34.6 Å². The molecule has 0 bridgehead atoms. The molecule has 1 aliphatic heterocycles. The lowest BCUT2D eigenvalue weighted by Gasteiger charge is -2.24. The van der Waals surface area contributed by atoms with Crippen molar-refractivity contribution < 1.29 is 4.39 Å². The van der Waals surface area contributed by atoms with Gasteiger partial charge >= 0.3 is 0 Å². The summed E-state index contributed by atoms with van der Waals surface area (Å²) in [6.07, 6.45) is 4.66. The van der Waals surface area contributed by atoms with E-state index in [0.717, 1.165) is 37.4 Å². The molecule has 1 aromatic rings. The number of rotatable bonds is 5. The molecule has 1 fully saturated rings. The third kappa shape index (κ3) is 3.59. The van der Waals surface area contributed by atoms with Crippen LogP contribution >= 0.6 is 23.2 Å². The Morgan fingerprint density at radius 1 is 1.39 bits per heavy atom. The molecule has 0 amide bonds. The highest BCUT2D eigenvalue weighted by Crippen LogP contribution is 2.26. The lowest BCUT2D eigenvalue weighted by Crippen LogP contribution is -2.29. The smallest absolute Gasteiger partial charge is 0.124 e. The molecule has 0 N–H and O–H groups in total. The van der Waals surface area contributed by atoms with Crippen LogP contribution < -0.4 is 0 Å². The summed E-state index contributed by atoms with van der Waals surface area (Å²) in [5, 5.41) is 0.526. The molecule has 0 saturated carbocycles. The van der Waals surface area contributed by atoms with Gasteiger partial charge in [-0.1, -0.05) is 17.7 Å².